The van der Waals surface area contributed by atoms with Crippen LogP contribution in [-0.4, -0.2) is 0 Å². The van der Waals surface area contributed by atoms with Gasteiger partial charge in [0.25, 0.3) is 0 Å². The van der Waals surface area contributed by atoms with Crippen molar-refractivity contribution in [2.75, 3.05) is 0 Å². The summed E-state index contributed by atoms with van der Waals surface area (Å²) in [6.45, 7) is 1.41. The smallest absolute Gasteiger partial charge is 0.128 e. The Balaban J connectivity index is 3.31. The zero-order valence-corrected chi connectivity index (χ0v) is 8.09. The van der Waals surface area contributed by atoms with E-state index in [0.717, 1.165) is 18.2 Å². The van der Waals surface area contributed by atoms with Gasteiger partial charge in [-0.1, -0.05) is 0 Å². The van der Waals surface area contributed by atoms with Crippen molar-refractivity contribution in [3.8, 4) is 12.1 Å². The van der Waals surface area contributed by atoms with E-state index in [1.807, 2.05) is 6.07 Å². The van der Waals surface area contributed by atoms with E-state index >= 15 is 0 Å². The van der Waals surface area contributed by atoms with Crippen LogP contribution in [0.5, 0.6) is 0 Å². The molecule has 0 spiro atoms. The maximum absolute atomic E-state index is 13.3. The lowest BCUT2D eigenvalue weighted by atomic mass is 9.81. The minimum atomic E-state index is -1.30. The van der Waals surface area contributed by atoms with Gasteiger partial charge in [-0.05, 0) is 25.1 Å². The molecule has 1 aromatic carbocycles. The summed E-state index contributed by atoms with van der Waals surface area (Å²) < 4.78 is 26.2. The Bertz CT molecular complexity index is 457. The molecular weight excluding hydrogens is 198 g/mol. The Morgan fingerprint density at radius 2 is 2.00 bits per heavy atom. The van der Waals surface area contributed by atoms with E-state index in [4.69, 9.17) is 10.5 Å². The molecule has 0 aromatic heterocycles. The molecule has 1 unspecified atom stereocenters. The van der Waals surface area contributed by atoms with Gasteiger partial charge in [-0.3, -0.25) is 0 Å². The number of nitriles is 2. The van der Waals surface area contributed by atoms with E-state index in [2.05, 4.69) is 0 Å². The van der Waals surface area contributed by atoms with Gasteiger partial charge in [-0.2, -0.15) is 10.5 Å². The van der Waals surface area contributed by atoms with Gasteiger partial charge >= 0.3 is 0 Å². The van der Waals surface area contributed by atoms with Crippen molar-refractivity contribution in [1.29, 1.82) is 10.5 Å². The summed E-state index contributed by atoms with van der Waals surface area (Å²) in [4.78, 5) is 0. The molecule has 4 heteroatoms. The SMILES string of the molecule is CC(C#N)(CC#N)c1cc(F)ccc1F. The highest BCUT2D eigenvalue weighted by Gasteiger charge is 2.29. The molecule has 0 bridgehead atoms. The minimum Gasteiger partial charge on any atom is -0.207 e. The van der Waals surface area contributed by atoms with Gasteiger partial charge < -0.3 is 0 Å². The zero-order chi connectivity index (χ0) is 11.5. The summed E-state index contributed by atoms with van der Waals surface area (Å²) in [6.07, 6.45) is -0.177. The van der Waals surface area contributed by atoms with Crippen LogP contribution in [0.1, 0.15) is 18.9 Å². The molecule has 0 saturated carbocycles. The van der Waals surface area contributed by atoms with Crippen LogP contribution in [0.15, 0.2) is 18.2 Å². The number of hydrogen-bond acceptors (Lipinski definition) is 2. The molecule has 1 atom stereocenters. The zero-order valence-electron chi connectivity index (χ0n) is 8.09. The summed E-state index contributed by atoms with van der Waals surface area (Å²) in [6, 6.07) is 6.51. The molecule has 0 aliphatic heterocycles. The third kappa shape index (κ3) is 2.11. The molecule has 15 heavy (non-hydrogen) atoms. The minimum absolute atomic E-state index is 0.0773. The Morgan fingerprint density at radius 1 is 1.33 bits per heavy atom. The van der Waals surface area contributed by atoms with Crippen LogP contribution in [0, 0.1) is 34.3 Å². The van der Waals surface area contributed by atoms with Crippen molar-refractivity contribution in [1.82, 2.24) is 0 Å². The topological polar surface area (TPSA) is 47.6 Å². The van der Waals surface area contributed by atoms with E-state index in [-0.39, 0.29) is 12.0 Å². The average molecular weight is 206 g/mol. The molecule has 0 aliphatic carbocycles. The lowest BCUT2D eigenvalue weighted by Crippen LogP contribution is -2.20. The quantitative estimate of drug-likeness (QED) is 0.746. The summed E-state index contributed by atoms with van der Waals surface area (Å²) in [5.74, 6) is -1.29. The summed E-state index contributed by atoms with van der Waals surface area (Å²) >= 11 is 0. The van der Waals surface area contributed by atoms with E-state index in [9.17, 15) is 8.78 Å². The highest BCUT2D eigenvalue weighted by Crippen LogP contribution is 2.29. The Hall–Kier alpha value is -1.94. The maximum Gasteiger partial charge on any atom is 0.128 e. The van der Waals surface area contributed by atoms with Crippen molar-refractivity contribution in [3.05, 3.63) is 35.4 Å². The molecular formula is C11H8F2N2. The Labute approximate surface area is 86.4 Å². The largest absolute Gasteiger partial charge is 0.207 e. The van der Waals surface area contributed by atoms with E-state index in [0.29, 0.717) is 0 Å². The molecule has 1 aromatic rings. The van der Waals surface area contributed by atoms with Crippen LogP contribution in [0.2, 0.25) is 0 Å². The normalized spacial score (nSPS) is 13.7. The van der Waals surface area contributed by atoms with Crippen molar-refractivity contribution in [3.63, 3.8) is 0 Å². The highest BCUT2D eigenvalue weighted by atomic mass is 19.1. The predicted octanol–water partition coefficient (Wildman–Crippen LogP) is 2.66. The fraction of sp³-hybridized carbons (Fsp3) is 0.273. The van der Waals surface area contributed by atoms with Crippen LogP contribution >= 0.6 is 0 Å². The van der Waals surface area contributed by atoms with Crippen molar-refractivity contribution >= 4 is 0 Å². The molecule has 0 fully saturated rings. The van der Waals surface area contributed by atoms with Crippen LogP contribution in [-0.2, 0) is 5.41 Å². The molecule has 0 N–H and O–H groups in total. The summed E-state index contributed by atoms with van der Waals surface area (Å²) in [7, 11) is 0. The van der Waals surface area contributed by atoms with Gasteiger partial charge in [0, 0.05) is 5.56 Å². The third-order valence-electron chi connectivity index (χ3n) is 2.20. The fourth-order valence-electron chi connectivity index (χ4n) is 1.27. The molecule has 0 aliphatic rings. The average Bonchev–Trinajstić information content (AvgIpc) is 2.22. The molecule has 0 saturated heterocycles. The maximum atomic E-state index is 13.3. The second-order valence-electron chi connectivity index (χ2n) is 3.40. The van der Waals surface area contributed by atoms with Gasteiger partial charge in [0.2, 0.25) is 0 Å². The summed E-state index contributed by atoms with van der Waals surface area (Å²) in [5, 5.41) is 17.4. The third-order valence-corrected chi connectivity index (χ3v) is 2.20. The standard InChI is InChI=1S/C11H8F2N2/c1-11(7-15,4-5-14)9-6-8(12)2-3-10(9)13/h2-3,6H,4H2,1H3. The van der Waals surface area contributed by atoms with Gasteiger partial charge in [0.15, 0.2) is 0 Å². The first-order chi connectivity index (χ1) is 7.03. The number of rotatable bonds is 2. The molecule has 0 amide bonds. The van der Waals surface area contributed by atoms with Crippen LogP contribution in [0.3, 0.4) is 0 Å². The van der Waals surface area contributed by atoms with Crippen LogP contribution in [0.4, 0.5) is 8.78 Å². The predicted molar refractivity (Wildman–Crippen MR) is 49.6 cm³/mol. The van der Waals surface area contributed by atoms with Gasteiger partial charge in [0.1, 0.15) is 11.6 Å². The van der Waals surface area contributed by atoms with Crippen LogP contribution in [0.25, 0.3) is 0 Å². The number of hydrogen-bond donors (Lipinski definition) is 0. The van der Waals surface area contributed by atoms with Gasteiger partial charge in [-0.15, -0.1) is 0 Å². The second-order valence-corrected chi connectivity index (χ2v) is 3.40. The van der Waals surface area contributed by atoms with Crippen molar-refractivity contribution in [2.24, 2.45) is 0 Å². The van der Waals surface area contributed by atoms with E-state index in [1.54, 1.807) is 6.07 Å². The van der Waals surface area contributed by atoms with Gasteiger partial charge in [-0.25, -0.2) is 8.78 Å². The van der Waals surface area contributed by atoms with Crippen molar-refractivity contribution < 1.29 is 8.78 Å². The molecule has 76 valence electrons. The van der Waals surface area contributed by atoms with Crippen LogP contribution < -0.4 is 0 Å². The Morgan fingerprint density at radius 3 is 2.53 bits per heavy atom. The van der Waals surface area contributed by atoms with E-state index in [1.165, 1.54) is 6.92 Å². The number of nitrogens with zero attached hydrogens (tertiary/aromatic N) is 2. The number of benzene rings is 1. The summed E-state index contributed by atoms with van der Waals surface area (Å²) in [5.41, 5.74) is -1.38. The van der Waals surface area contributed by atoms with Gasteiger partial charge in [0.05, 0.1) is 24.0 Å². The van der Waals surface area contributed by atoms with E-state index < -0.39 is 17.0 Å². The lowest BCUT2D eigenvalue weighted by molar-refractivity contribution is 0.530. The Kier molecular flexibility index (Phi) is 3.01. The number of halogens is 2. The molecule has 1 rings (SSSR count). The second kappa shape index (κ2) is 4.06. The first-order valence-electron chi connectivity index (χ1n) is 4.27. The molecule has 0 heterocycles. The molecule has 2 nitrogen and oxygen atoms in total. The lowest BCUT2D eigenvalue weighted by Gasteiger charge is -2.18. The fourth-order valence-corrected chi connectivity index (χ4v) is 1.27. The van der Waals surface area contributed by atoms with Crippen molar-refractivity contribution in [2.45, 2.75) is 18.8 Å². The highest BCUT2D eigenvalue weighted by molar-refractivity contribution is 5.34. The first kappa shape index (κ1) is 11.1. The molecule has 0 radical (unpaired) electrons. The first-order valence-corrected chi connectivity index (χ1v) is 4.27. The monoisotopic (exact) mass is 206 g/mol.